The van der Waals surface area contributed by atoms with Gasteiger partial charge in [-0.25, -0.2) is 8.78 Å². The number of nitrogens with one attached hydrogen (secondary N) is 1. The first-order chi connectivity index (χ1) is 10.6. The highest BCUT2D eigenvalue weighted by molar-refractivity contribution is 5.94. The minimum absolute atomic E-state index is 0.339. The number of aliphatic hydroxyl groups is 1. The normalized spacial score (nSPS) is 12.0. The van der Waals surface area contributed by atoms with Crippen molar-refractivity contribution < 1.29 is 18.7 Å². The van der Waals surface area contributed by atoms with Crippen LogP contribution in [0, 0.1) is 11.6 Å². The Morgan fingerprint density at radius 1 is 1.18 bits per heavy atom. The lowest BCUT2D eigenvalue weighted by Crippen LogP contribution is -2.31. The molecule has 2 aromatic rings. The molecule has 0 aromatic heterocycles. The van der Waals surface area contributed by atoms with E-state index in [1.54, 1.807) is 12.1 Å². The number of rotatable bonds is 5. The summed E-state index contributed by atoms with van der Waals surface area (Å²) < 4.78 is 26.8. The lowest BCUT2D eigenvalue weighted by atomic mass is 10.0. The van der Waals surface area contributed by atoms with Crippen molar-refractivity contribution in [1.29, 1.82) is 0 Å². The summed E-state index contributed by atoms with van der Waals surface area (Å²) in [7, 11) is 0. The minimum Gasteiger partial charge on any atom is -0.394 e. The zero-order chi connectivity index (χ0) is 16.1. The van der Waals surface area contributed by atoms with Gasteiger partial charge in [-0.1, -0.05) is 37.3 Å². The van der Waals surface area contributed by atoms with Crippen molar-refractivity contribution in [2.24, 2.45) is 0 Å². The molecule has 0 radical (unpaired) electrons. The Morgan fingerprint density at radius 3 is 2.45 bits per heavy atom. The van der Waals surface area contributed by atoms with E-state index in [9.17, 15) is 18.7 Å². The summed E-state index contributed by atoms with van der Waals surface area (Å²) in [4.78, 5) is 12.1. The van der Waals surface area contributed by atoms with E-state index in [0.717, 1.165) is 18.1 Å². The summed E-state index contributed by atoms with van der Waals surface area (Å²) in [6.07, 6.45) is 0.880. The van der Waals surface area contributed by atoms with Gasteiger partial charge >= 0.3 is 0 Å². The maximum Gasteiger partial charge on any atom is 0.254 e. The van der Waals surface area contributed by atoms with Crippen molar-refractivity contribution in [2.45, 2.75) is 19.4 Å². The molecule has 0 aliphatic heterocycles. The summed E-state index contributed by atoms with van der Waals surface area (Å²) in [6.45, 7) is 1.68. The zero-order valence-electron chi connectivity index (χ0n) is 12.1. The minimum atomic E-state index is -1.20. The van der Waals surface area contributed by atoms with E-state index in [1.807, 2.05) is 19.1 Å². The van der Waals surface area contributed by atoms with E-state index in [2.05, 4.69) is 5.32 Å². The van der Waals surface area contributed by atoms with Gasteiger partial charge in [0.05, 0.1) is 18.2 Å². The molecule has 5 heteroatoms. The molecule has 2 rings (SSSR count). The number of carbonyl (C=O) groups excluding carboxylic acids is 1. The maximum atomic E-state index is 13.6. The van der Waals surface area contributed by atoms with Gasteiger partial charge in [0.15, 0.2) is 11.6 Å². The quantitative estimate of drug-likeness (QED) is 0.892. The molecule has 0 saturated carbocycles. The Balaban J connectivity index is 2.18. The van der Waals surface area contributed by atoms with Crippen LogP contribution in [0.1, 0.15) is 34.5 Å². The number of hydrogen-bond acceptors (Lipinski definition) is 2. The van der Waals surface area contributed by atoms with E-state index in [-0.39, 0.29) is 12.2 Å². The fourth-order valence-electron chi connectivity index (χ4n) is 2.14. The lowest BCUT2D eigenvalue weighted by Gasteiger charge is -2.17. The zero-order valence-corrected chi connectivity index (χ0v) is 12.1. The van der Waals surface area contributed by atoms with Crippen LogP contribution in [0.25, 0.3) is 0 Å². The Kier molecular flexibility index (Phi) is 5.22. The smallest absolute Gasteiger partial charge is 0.254 e. The fraction of sp³-hybridized carbons (Fsp3) is 0.235. The Bertz CT molecular complexity index is 656. The van der Waals surface area contributed by atoms with E-state index in [4.69, 9.17) is 0 Å². The molecule has 116 valence electrons. The molecular formula is C17H17F2NO2. The summed E-state index contributed by atoms with van der Waals surface area (Å²) in [6, 6.07) is 10.1. The molecule has 2 aromatic carbocycles. The number of carbonyl (C=O) groups is 1. The predicted molar refractivity (Wildman–Crippen MR) is 79.5 cm³/mol. The van der Waals surface area contributed by atoms with Crippen molar-refractivity contribution >= 4 is 5.91 Å². The van der Waals surface area contributed by atoms with Crippen LogP contribution < -0.4 is 5.32 Å². The van der Waals surface area contributed by atoms with E-state index < -0.39 is 23.6 Å². The van der Waals surface area contributed by atoms with Crippen molar-refractivity contribution in [1.82, 2.24) is 5.32 Å². The monoisotopic (exact) mass is 305 g/mol. The van der Waals surface area contributed by atoms with Gasteiger partial charge in [-0.2, -0.15) is 0 Å². The van der Waals surface area contributed by atoms with Crippen LogP contribution in [0.4, 0.5) is 8.78 Å². The van der Waals surface area contributed by atoms with Crippen LogP contribution in [0.5, 0.6) is 0 Å². The molecule has 1 amide bonds. The third-order valence-corrected chi connectivity index (χ3v) is 3.47. The number of aliphatic hydroxyl groups excluding tert-OH is 1. The standard InChI is InChI=1S/C17H17F2NO2/c1-2-11-6-8-12(9-7-11)15(10-21)20-17(22)13-4-3-5-14(18)16(13)19/h3-9,15,21H,2,10H2,1H3,(H,20,22). The van der Waals surface area contributed by atoms with Gasteiger partial charge in [0.25, 0.3) is 5.91 Å². The SMILES string of the molecule is CCc1ccc(C(CO)NC(=O)c2cccc(F)c2F)cc1. The largest absolute Gasteiger partial charge is 0.394 e. The van der Waals surface area contributed by atoms with Gasteiger partial charge in [0.1, 0.15) is 0 Å². The van der Waals surface area contributed by atoms with E-state index in [0.29, 0.717) is 5.56 Å². The van der Waals surface area contributed by atoms with Crippen molar-refractivity contribution in [2.75, 3.05) is 6.61 Å². The molecule has 0 bridgehead atoms. The van der Waals surface area contributed by atoms with Crippen LogP contribution in [0.3, 0.4) is 0 Å². The third-order valence-electron chi connectivity index (χ3n) is 3.47. The van der Waals surface area contributed by atoms with Crippen molar-refractivity contribution in [3.05, 3.63) is 70.8 Å². The van der Waals surface area contributed by atoms with E-state index in [1.165, 1.54) is 12.1 Å². The van der Waals surface area contributed by atoms with Gasteiger partial charge < -0.3 is 10.4 Å². The Morgan fingerprint density at radius 2 is 1.86 bits per heavy atom. The molecule has 0 heterocycles. The summed E-state index contributed by atoms with van der Waals surface area (Å²) in [5.41, 5.74) is 1.44. The van der Waals surface area contributed by atoms with Crippen molar-refractivity contribution in [3.8, 4) is 0 Å². The van der Waals surface area contributed by atoms with Gasteiger partial charge in [0, 0.05) is 0 Å². The van der Waals surface area contributed by atoms with Crippen LogP contribution in [0.15, 0.2) is 42.5 Å². The highest BCUT2D eigenvalue weighted by Crippen LogP contribution is 2.17. The molecule has 1 unspecified atom stereocenters. The number of hydrogen-bond donors (Lipinski definition) is 2. The maximum absolute atomic E-state index is 13.6. The average molecular weight is 305 g/mol. The second-order valence-electron chi connectivity index (χ2n) is 4.91. The first kappa shape index (κ1) is 16.1. The fourth-order valence-corrected chi connectivity index (χ4v) is 2.14. The highest BCUT2D eigenvalue weighted by atomic mass is 19.2. The van der Waals surface area contributed by atoms with Gasteiger partial charge in [-0.05, 0) is 29.7 Å². The molecule has 0 spiro atoms. The predicted octanol–water partition coefficient (Wildman–Crippen LogP) is 2.99. The lowest BCUT2D eigenvalue weighted by molar-refractivity contribution is 0.0911. The van der Waals surface area contributed by atoms with Gasteiger partial charge in [-0.15, -0.1) is 0 Å². The van der Waals surface area contributed by atoms with E-state index >= 15 is 0 Å². The topological polar surface area (TPSA) is 49.3 Å². The average Bonchev–Trinajstić information content (AvgIpc) is 2.55. The number of aryl methyl sites for hydroxylation is 1. The van der Waals surface area contributed by atoms with Gasteiger partial charge in [0.2, 0.25) is 0 Å². The van der Waals surface area contributed by atoms with Crippen LogP contribution in [-0.4, -0.2) is 17.6 Å². The first-order valence-electron chi connectivity index (χ1n) is 7.01. The summed E-state index contributed by atoms with van der Waals surface area (Å²) >= 11 is 0. The molecule has 3 nitrogen and oxygen atoms in total. The summed E-state index contributed by atoms with van der Waals surface area (Å²) in [5.74, 6) is -3.05. The Hall–Kier alpha value is -2.27. The second kappa shape index (κ2) is 7.13. The molecule has 0 aliphatic carbocycles. The second-order valence-corrected chi connectivity index (χ2v) is 4.91. The van der Waals surface area contributed by atoms with Crippen LogP contribution in [0.2, 0.25) is 0 Å². The highest BCUT2D eigenvalue weighted by Gasteiger charge is 2.19. The summed E-state index contributed by atoms with van der Waals surface area (Å²) in [5, 5.41) is 12.0. The third kappa shape index (κ3) is 3.49. The molecule has 22 heavy (non-hydrogen) atoms. The number of halogens is 2. The first-order valence-corrected chi connectivity index (χ1v) is 7.01. The van der Waals surface area contributed by atoms with Gasteiger partial charge in [-0.3, -0.25) is 4.79 Å². The number of amides is 1. The van der Waals surface area contributed by atoms with Crippen LogP contribution >= 0.6 is 0 Å². The molecule has 1 atom stereocenters. The Labute approximate surface area is 127 Å². The molecule has 2 N–H and O–H groups in total. The van der Waals surface area contributed by atoms with Crippen LogP contribution in [-0.2, 0) is 6.42 Å². The molecular weight excluding hydrogens is 288 g/mol. The van der Waals surface area contributed by atoms with Crippen molar-refractivity contribution in [3.63, 3.8) is 0 Å². The molecule has 0 saturated heterocycles. The molecule has 0 aliphatic rings. The number of benzene rings is 2. The molecule has 0 fully saturated rings.